The van der Waals surface area contributed by atoms with E-state index in [1.165, 1.54) is 5.69 Å². The lowest BCUT2D eigenvalue weighted by molar-refractivity contribution is 0.0955. The summed E-state index contributed by atoms with van der Waals surface area (Å²) >= 11 is 0. The Morgan fingerprint density at radius 2 is 1.58 bits per heavy atom. The molecule has 0 spiro atoms. The first-order valence-electron chi connectivity index (χ1n) is 11.1. The molecule has 0 atom stereocenters. The van der Waals surface area contributed by atoms with E-state index in [0.29, 0.717) is 11.3 Å². The Hall–Kier alpha value is -4.19. The minimum absolute atomic E-state index is 0.313. The fraction of sp³-hybridized carbons (Fsp3) is 0.148. The molecule has 0 saturated heterocycles. The van der Waals surface area contributed by atoms with Crippen LogP contribution in [0.15, 0.2) is 96.2 Å². The van der Waals surface area contributed by atoms with Crippen LogP contribution < -0.4 is 10.3 Å². The molecule has 0 radical (unpaired) electrons. The third kappa shape index (κ3) is 5.18. The van der Waals surface area contributed by atoms with E-state index in [0.717, 1.165) is 29.9 Å². The van der Waals surface area contributed by atoms with Gasteiger partial charge in [0, 0.05) is 30.5 Å². The second-order valence-corrected chi connectivity index (χ2v) is 7.50. The van der Waals surface area contributed by atoms with Gasteiger partial charge in [0.2, 0.25) is 0 Å². The van der Waals surface area contributed by atoms with Gasteiger partial charge in [-0.3, -0.25) is 4.79 Å². The number of hydrogen-bond acceptors (Lipinski definition) is 4. The molecule has 6 heteroatoms. The minimum atomic E-state index is -0.313. The van der Waals surface area contributed by atoms with E-state index in [9.17, 15) is 4.79 Å². The summed E-state index contributed by atoms with van der Waals surface area (Å²) in [6.45, 7) is 6.19. The molecule has 1 amide bonds. The second kappa shape index (κ2) is 10.4. The lowest BCUT2D eigenvalue weighted by Crippen LogP contribution is -2.21. The van der Waals surface area contributed by atoms with Crippen molar-refractivity contribution in [2.45, 2.75) is 13.8 Å². The summed E-state index contributed by atoms with van der Waals surface area (Å²) in [4.78, 5) is 15.3. The van der Waals surface area contributed by atoms with Crippen LogP contribution in [0.3, 0.4) is 0 Å². The Labute approximate surface area is 194 Å². The highest BCUT2D eigenvalue weighted by Gasteiger charge is 2.18. The minimum Gasteiger partial charge on any atom is -0.372 e. The summed E-state index contributed by atoms with van der Waals surface area (Å²) in [6, 6.07) is 27.5. The molecule has 0 fully saturated rings. The molecule has 0 aliphatic rings. The van der Waals surface area contributed by atoms with Gasteiger partial charge in [-0.15, -0.1) is 0 Å². The third-order valence-electron chi connectivity index (χ3n) is 5.43. The highest BCUT2D eigenvalue weighted by atomic mass is 16.2. The number of nitrogens with one attached hydrogen (secondary N) is 1. The molecule has 3 aromatic carbocycles. The number of amides is 1. The average molecular weight is 438 g/mol. The largest absolute Gasteiger partial charge is 0.372 e. The molecule has 0 saturated carbocycles. The van der Waals surface area contributed by atoms with Crippen molar-refractivity contribution in [1.82, 2.24) is 15.2 Å². The van der Waals surface area contributed by atoms with E-state index < -0.39 is 0 Å². The lowest BCUT2D eigenvalue weighted by Gasteiger charge is -2.20. The molecule has 33 heavy (non-hydrogen) atoms. The molecule has 1 aromatic heterocycles. The van der Waals surface area contributed by atoms with Crippen LogP contribution in [0, 0.1) is 0 Å². The molecule has 0 aliphatic carbocycles. The van der Waals surface area contributed by atoms with Crippen molar-refractivity contribution in [3.63, 3.8) is 0 Å². The Morgan fingerprint density at radius 1 is 0.939 bits per heavy atom. The quantitative estimate of drug-likeness (QED) is 0.306. The monoisotopic (exact) mass is 437 g/mol. The van der Waals surface area contributed by atoms with Crippen LogP contribution in [-0.4, -0.2) is 35.0 Å². The summed E-state index contributed by atoms with van der Waals surface area (Å²) in [6.07, 6.45) is 3.38. The zero-order valence-corrected chi connectivity index (χ0v) is 18.8. The number of para-hydroxylation sites is 1. The zero-order chi connectivity index (χ0) is 23.0. The third-order valence-corrected chi connectivity index (χ3v) is 5.43. The molecule has 0 bridgehead atoms. The van der Waals surface area contributed by atoms with Gasteiger partial charge >= 0.3 is 0 Å². The maximum Gasteiger partial charge on any atom is 0.275 e. The van der Waals surface area contributed by atoms with Crippen molar-refractivity contribution >= 4 is 17.8 Å². The van der Waals surface area contributed by atoms with Gasteiger partial charge in [-0.1, -0.05) is 60.7 Å². The Bertz CT molecular complexity index is 1210. The first-order valence-corrected chi connectivity index (χ1v) is 11.1. The standard InChI is InChI=1S/C27H27N5O/c1-3-31(4-2)23-17-15-21(16-18-23)19-28-29-27(33)25-20-32(24-13-9-6-10-14-24)30-26(25)22-11-7-5-8-12-22/h5-20H,3-4H2,1-2H3,(H,29,33)/b28-19-. The first-order chi connectivity index (χ1) is 16.2. The first kappa shape index (κ1) is 22.0. The Kier molecular flexibility index (Phi) is 6.95. The summed E-state index contributed by atoms with van der Waals surface area (Å²) in [5, 5.41) is 8.85. The van der Waals surface area contributed by atoms with Crippen molar-refractivity contribution < 1.29 is 4.79 Å². The van der Waals surface area contributed by atoms with Crippen molar-refractivity contribution in [2.75, 3.05) is 18.0 Å². The predicted molar refractivity (Wildman–Crippen MR) is 134 cm³/mol. The van der Waals surface area contributed by atoms with Gasteiger partial charge in [0.15, 0.2) is 0 Å². The van der Waals surface area contributed by atoms with E-state index in [4.69, 9.17) is 0 Å². The normalized spacial score (nSPS) is 11.0. The molecular weight excluding hydrogens is 410 g/mol. The second-order valence-electron chi connectivity index (χ2n) is 7.50. The van der Waals surface area contributed by atoms with Crippen LogP contribution >= 0.6 is 0 Å². The van der Waals surface area contributed by atoms with Crippen molar-refractivity contribution in [3.8, 4) is 16.9 Å². The molecule has 166 valence electrons. The fourth-order valence-electron chi connectivity index (χ4n) is 3.65. The van der Waals surface area contributed by atoms with Crippen LogP contribution in [0.4, 0.5) is 5.69 Å². The van der Waals surface area contributed by atoms with Crippen LogP contribution in [0.25, 0.3) is 16.9 Å². The predicted octanol–water partition coefficient (Wildman–Crippen LogP) is 5.15. The SMILES string of the molecule is CCN(CC)c1ccc(/C=N\NC(=O)c2cn(-c3ccccc3)nc2-c2ccccc2)cc1. The molecule has 1 N–H and O–H groups in total. The number of nitrogens with zero attached hydrogens (tertiary/aromatic N) is 4. The molecule has 6 nitrogen and oxygen atoms in total. The maximum absolute atomic E-state index is 13.0. The molecule has 0 unspecified atom stereocenters. The fourth-order valence-corrected chi connectivity index (χ4v) is 3.65. The molecule has 4 rings (SSSR count). The van der Waals surface area contributed by atoms with Gasteiger partial charge < -0.3 is 4.90 Å². The molecule has 1 heterocycles. The van der Waals surface area contributed by atoms with Gasteiger partial charge in [0.1, 0.15) is 5.69 Å². The van der Waals surface area contributed by atoms with Crippen LogP contribution in [0.5, 0.6) is 0 Å². The lowest BCUT2D eigenvalue weighted by atomic mass is 10.1. The van der Waals surface area contributed by atoms with Crippen molar-refractivity contribution in [1.29, 1.82) is 0 Å². The highest BCUT2D eigenvalue weighted by molar-refractivity contribution is 6.00. The van der Waals surface area contributed by atoms with E-state index in [2.05, 4.69) is 46.5 Å². The van der Waals surface area contributed by atoms with Crippen LogP contribution in [0.1, 0.15) is 29.8 Å². The number of aromatic nitrogens is 2. The zero-order valence-electron chi connectivity index (χ0n) is 18.8. The number of rotatable bonds is 8. The number of carbonyl (C=O) groups excluding carboxylic acids is 1. The number of benzene rings is 3. The summed E-state index contributed by atoms with van der Waals surface area (Å²) < 4.78 is 1.72. The van der Waals surface area contributed by atoms with Gasteiger partial charge in [-0.25, -0.2) is 10.1 Å². The highest BCUT2D eigenvalue weighted by Crippen LogP contribution is 2.23. The van der Waals surface area contributed by atoms with Crippen LogP contribution in [-0.2, 0) is 0 Å². The summed E-state index contributed by atoms with van der Waals surface area (Å²) in [7, 11) is 0. The van der Waals surface area contributed by atoms with E-state index in [1.54, 1.807) is 17.1 Å². The van der Waals surface area contributed by atoms with Gasteiger partial charge in [0.25, 0.3) is 5.91 Å². The molecular formula is C27H27N5O. The van der Waals surface area contributed by atoms with E-state index in [1.807, 2.05) is 72.8 Å². The summed E-state index contributed by atoms with van der Waals surface area (Å²) in [5.74, 6) is -0.313. The van der Waals surface area contributed by atoms with Crippen molar-refractivity contribution in [3.05, 3.63) is 102 Å². The summed E-state index contributed by atoms with van der Waals surface area (Å²) in [5.41, 5.74) is 7.54. The Morgan fingerprint density at radius 3 is 2.21 bits per heavy atom. The topological polar surface area (TPSA) is 62.5 Å². The maximum atomic E-state index is 13.0. The molecule has 4 aromatic rings. The van der Waals surface area contributed by atoms with Crippen molar-refractivity contribution in [2.24, 2.45) is 5.10 Å². The number of anilines is 1. The van der Waals surface area contributed by atoms with Gasteiger partial charge in [-0.05, 0) is 43.7 Å². The smallest absolute Gasteiger partial charge is 0.275 e. The average Bonchev–Trinajstić information content (AvgIpc) is 3.33. The van der Waals surface area contributed by atoms with Gasteiger partial charge in [-0.2, -0.15) is 10.2 Å². The van der Waals surface area contributed by atoms with E-state index in [-0.39, 0.29) is 5.91 Å². The number of hydrogen-bond donors (Lipinski definition) is 1. The van der Waals surface area contributed by atoms with Gasteiger partial charge in [0.05, 0.1) is 17.5 Å². The molecule has 0 aliphatic heterocycles. The number of hydrazone groups is 1. The van der Waals surface area contributed by atoms with E-state index >= 15 is 0 Å². The number of carbonyl (C=O) groups is 1. The Balaban J connectivity index is 1.54. The van der Waals surface area contributed by atoms with Crippen LogP contribution in [0.2, 0.25) is 0 Å².